The number of aryl methyl sites for hydroxylation is 1. The van der Waals surface area contributed by atoms with Crippen molar-refractivity contribution in [2.75, 3.05) is 14.2 Å². The summed E-state index contributed by atoms with van der Waals surface area (Å²) >= 11 is 0. The maximum absolute atomic E-state index is 9.53. The summed E-state index contributed by atoms with van der Waals surface area (Å²) in [6, 6.07) is 3.19. The van der Waals surface area contributed by atoms with Crippen molar-refractivity contribution >= 4 is 0 Å². The van der Waals surface area contributed by atoms with E-state index in [0.717, 1.165) is 16.9 Å². The maximum atomic E-state index is 9.53. The van der Waals surface area contributed by atoms with Crippen LogP contribution in [0.2, 0.25) is 0 Å². The highest BCUT2D eigenvalue weighted by Crippen LogP contribution is 2.33. The molecule has 0 aromatic heterocycles. The highest BCUT2D eigenvalue weighted by atomic mass is 16.5. The minimum Gasteiger partial charge on any atom is -0.497 e. The Balaban J connectivity index is 3.26. The summed E-state index contributed by atoms with van der Waals surface area (Å²) in [4.78, 5) is 0. The summed E-state index contributed by atoms with van der Waals surface area (Å²) in [5.74, 6) is 1.36. The SMILES string of the molecule is COc1cc(C)c(C(N)C(C)O)c(OC)c1. The molecule has 1 aromatic rings. The van der Waals surface area contributed by atoms with Crippen LogP contribution >= 0.6 is 0 Å². The Kier molecular flexibility index (Phi) is 4.15. The molecule has 4 nitrogen and oxygen atoms in total. The fourth-order valence-electron chi connectivity index (χ4n) is 1.69. The van der Waals surface area contributed by atoms with Crippen molar-refractivity contribution < 1.29 is 14.6 Å². The number of ether oxygens (including phenoxy) is 2. The van der Waals surface area contributed by atoms with Gasteiger partial charge in [0.2, 0.25) is 0 Å². The Bertz CT molecular complexity index is 364. The molecule has 0 aliphatic rings. The third kappa shape index (κ3) is 2.46. The highest BCUT2D eigenvalue weighted by molar-refractivity contribution is 5.48. The molecule has 0 spiro atoms. The van der Waals surface area contributed by atoms with Crippen LogP contribution in [0.3, 0.4) is 0 Å². The normalized spacial score (nSPS) is 14.4. The first-order chi connectivity index (χ1) is 7.51. The number of nitrogens with two attached hydrogens (primary N) is 1. The Morgan fingerprint density at radius 2 is 1.88 bits per heavy atom. The number of hydrogen-bond donors (Lipinski definition) is 2. The monoisotopic (exact) mass is 225 g/mol. The number of benzene rings is 1. The topological polar surface area (TPSA) is 64.7 Å². The van der Waals surface area contributed by atoms with E-state index in [1.807, 2.05) is 13.0 Å². The Hall–Kier alpha value is -1.26. The van der Waals surface area contributed by atoms with Gasteiger partial charge in [-0.25, -0.2) is 0 Å². The average molecular weight is 225 g/mol. The van der Waals surface area contributed by atoms with Gasteiger partial charge in [0.15, 0.2) is 0 Å². The molecule has 0 fully saturated rings. The second kappa shape index (κ2) is 5.18. The van der Waals surface area contributed by atoms with E-state index < -0.39 is 12.1 Å². The molecule has 0 radical (unpaired) electrons. The third-order valence-corrected chi connectivity index (χ3v) is 2.63. The summed E-state index contributed by atoms with van der Waals surface area (Å²) in [5, 5.41) is 9.53. The van der Waals surface area contributed by atoms with Gasteiger partial charge in [0.25, 0.3) is 0 Å². The van der Waals surface area contributed by atoms with Gasteiger partial charge in [-0.2, -0.15) is 0 Å². The van der Waals surface area contributed by atoms with Gasteiger partial charge in [-0.1, -0.05) is 0 Å². The van der Waals surface area contributed by atoms with Gasteiger partial charge in [0.1, 0.15) is 11.5 Å². The van der Waals surface area contributed by atoms with Crippen LogP contribution in [0, 0.1) is 6.92 Å². The number of rotatable bonds is 4. The minimum atomic E-state index is -0.624. The number of methoxy groups -OCH3 is 2. The molecule has 4 heteroatoms. The molecule has 16 heavy (non-hydrogen) atoms. The predicted molar refractivity (Wildman–Crippen MR) is 62.9 cm³/mol. The Morgan fingerprint density at radius 3 is 2.31 bits per heavy atom. The first-order valence-electron chi connectivity index (χ1n) is 5.17. The van der Waals surface area contributed by atoms with Crippen molar-refractivity contribution in [3.63, 3.8) is 0 Å². The van der Waals surface area contributed by atoms with Crippen LogP contribution in [0.25, 0.3) is 0 Å². The fraction of sp³-hybridized carbons (Fsp3) is 0.500. The molecule has 0 aliphatic heterocycles. The molecule has 0 saturated carbocycles. The smallest absolute Gasteiger partial charge is 0.127 e. The standard InChI is InChI=1S/C12H19NO3/c1-7-5-9(15-3)6-10(16-4)11(7)12(13)8(2)14/h5-6,8,12,14H,13H2,1-4H3. The first-order valence-corrected chi connectivity index (χ1v) is 5.17. The third-order valence-electron chi connectivity index (χ3n) is 2.63. The lowest BCUT2D eigenvalue weighted by atomic mass is 9.97. The van der Waals surface area contributed by atoms with E-state index in [1.165, 1.54) is 0 Å². The summed E-state index contributed by atoms with van der Waals surface area (Å²) < 4.78 is 10.4. The zero-order valence-corrected chi connectivity index (χ0v) is 10.2. The van der Waals surface area contributed by atoms with Gasteiger partial charge in [0.05, 0.1) is 26.4 Å². The van der Waals surface area contributed by atoms with Crippen LogP contribution in [-0.4, -0.2) is 25.4 Å². The van der Waals surface area contributed by atoms with E-state index >= 15 is 0 Å². The van der Waals surface area contributed by atoms with Gasteiger partial charge in [0, 0.05) is 11.6 Å². The molecule has 0 saturated heterocycles. The van der Waals surface area contributed by atoms with Crippen LogP contribution in [-0.2, 0) is 0 Å². The molecule has 2 atom stereocenters. The molecular weight excluding hydrogens is 206 g/mol. The van der Waals surface area contributed by atoms with E-state index in [4.69, 9.17) is 15.2 Å². The molecule has 2 unspecified atom stereocenters. The van der Waals surface area contributed by atoms with E-state index in [2.05, 4.69) is 0 Å². The predicted octanol–water partition coefficient (Wildman–Crippen LogP) is 1.39. The maximum Gasteiger partial charge on any atom is 0.127 e. The van der Waals surface area contributed by atoms with Crippen LogP contribution in [0.4, 0.5) is 0 Å². The van der Waals surface area contributed by atoms with Gasteiger partial charge in [-0.05, 0) is 25.5 Å². The zero-order chi connectivity index (χ0) is 12.3. The Morgan fingerprint density at radius 1 is 1.25 bits per heavy atom. The van der Waals surface area contributed by atoms with Gasteiger partial charge in [-0.15, -0.1) is 0 Å². The van der Waals surface area contributed by atoms with E-state index in [9.17, 15) is 5.11 Å². The van der Waals surface area contributed by atoms with E-state index in [0.29, 0.717) is 5.75 Å². The summed E-state index contributed by atoms with van der Waals surface area (Å²) in [6.45, 7) is 3.58. The fourth-order valence-corrected chi connectivity index (χ4v) is 1.69. The Labute approximate surface area is 96.0 Å². The lowest BCUT2D eigenvalue weighted by Gasteiger charge is -2.21. The summed E-state index contributed by atoms with van der Waals surface area (Å²) in [7, 11) is 3.18. The molecule has 0 bridgehead atoms. The molecule has 0 aliphatic carbocycles. The molecule has 90 valence electrons. The van der Waals surface area contributed by atoms with Crippen molar-refractivity contribution in [3.05, 3.63) is 23.3 Å². The van der Waals surface area contributed by atoms with Crippen molar-refractivity contribution in [1.82, 2.24) is 0 Å². The second-order valence-corrected chi connectivity index (χ2v) is 3.83. The lowest BCUT2D eigenvalue weighted by Crippen LogP contribution is -2.24. The number of aliphatic hydroxyl groups is 1. The largest absolute Gasteiger partial charge is 0.497 e. The first kappa shape index (κ1) is 12.8. The van der Waals surface area contributed by atoms with Crippen molar-refractivity contribution in [2.45, 2.75) is 26.0 Å². The zero-order valence-electron chi connectivity index (χ0n) is 10.2. The van der Waals surface area contributed by atoms with Gasteiger partial charge < -0.3 is 20.3 Å². The molecule has 0 heterocycles. The molecule has 1 aromatic carbocycles. The van der Waals surface area contributed by atoms with Crippen LogP contribution in [0.15, 0.2) is 12.1 Å². The van der Waals surface area contributed by atoms with E-state index in [1.54, 1.807) is 27.2 Å². The van der Waals surface area contributed by atoms with Gasteiger partial charge >= 0.3 is 0 Å². The number of hydrogen-bond acceptors (Lipinski definition) is 4. The van der Waals surface area contributed by atoms with Crippen LogP contribution in [0.1, 0.15) is 24.1 Å². The average Bonchev–Trinajstić information content (AvgIpc) is 2.26. The second-order valence-electron chi connectivity index (χ2n) is 3.83. The molecular formula is C12H19NO3. The summed E-state index contributed by atoms with van der Waals surface area (Å²) in [6.07, 6.45) is -0.624. The number of aliphatic hydroxyl groups excluding tert-OH is 1. The molecule has 0 amide bonds. The quantitative estimate of drug-likeness (QED) is 0.812. The van der Waals surface area contributed by atoms with Crippen molar-refractivity contribution in [1.29, 1.82) is 0 Å². The van der Waals surface area contributed by atoms with Gasteiger partial charge in [-0.3, -0.25) is 0 Å². The van der Waals surface area contributed by atoms with E-state index in [-0.39, 0.29) is 0 Å². The molecule has 1 rings (SSSR count). The van der Waals surface area contributed by atoms with Crippen LogP contribution < -0.4 is 15.2 Å². The lowest BCUT2D eigenvalue weighted by molar-refractivity contribution is 0.162. The van der Waals surface area contributed by atoms with Crippen LogP contribution in [0.5, 0.6) is 11.5 Å². The minimum absolute atomic E-state index is 0.458. The highest BCUT2D eigenvalue weighted by Gasteiger charge is 2.20. The molecule has 3 N–H and O–H groups in total. The van der Waals surface area contributed by atoms with Crippen molar-refractivity contribution in [2.24, 2.45) is 5.73 Å². The van der Waals surface area contributed by atoms with Crippen molar-refractivity contribution in [3.8, 4) is 11.5 Å². The summed E-state index contributed by atoms with van der Waals surface area (Å²) in [5.41, 5.74) is 7.70.